The molecule has 25 heavy (non-hydrogen) atoms. The van der Waals surface area contributed by atoms with E-state index >= 15 is 0 Å². The van der Waals surface area contributed by atoms with E-state index in [1.54, 1.807) is 17.2 Å². The largest absolute Gasteiger partial charge is 0.434 e. The molecule has 0 aromatic carbocycles. The molecule has 2 aromatic rings. The summed E-state index contributed by atoms with van der Waals surface area (Å²) in [7, 11) is 0. The number of aromatic nitrogens is 3. The van der Waals surface area contributed by atoms with E-state index in [4.69, 9.17) is 0 Å². The van der Waals surface area contributed by atoms with Gasteiger partial charge in [-0.25, -0.2) is 15.0 Å². The van der Waals surface area contributed by atoms with Gasteiger partial charge in [0.15, 0.2) is 5.69 Å². The van der Waals surface area contributed by atoms with Crippen LogP contribution in [-0.4, -0.2) is 38.8 Å². The normalized spacial score (nSPS) is 18.4. The summed E-state index contributed by atoms with van der Waals surface area (Å²) >= 11 is 1.02. The van der Waals surface area contributed by atoms with Crippen molar-refractivity contribution >= 4 is 17.2 Å². The molecule has 5 nitrogen and oxygen atoms in total. The van der Waals surface area contributed by atoms with Gasteiger partial charge < -0.3 is 4.90 Å². The summed E-state index contributed by atoms with van der Waals surface area (Å²) in [6.07, 6.45) is 1.02. The lowest BCUT2D eigenvalue weighted by atomic mass is 9.98. The average Bonchev–Trinajstić information content (AvgIpc) is 3.11. The Balaban J connectivity index is 1.59. The molecule has 1 amide bonds. The van der Waals surface area contributed by atoms with Crippen molar-refractivity contribution in [1.82, 2.24) is 19.9 Å². The van der Waals surface area contributed by atoms with Gasteiger partial charge in [0.25, 0.3) is 0 Å². The van der Waals surface area contributed by atoms with E-state index in [-0.39, 0.29) is 11.8 Å². The predicted molar refractivity (Wildman–Crippen MR) is 86.0 cm³/mol. The molecule has 2 aromatic heterocycles. The van der Waals surface area contributed by atoms with E-state index in [2.05, 4.69) is 15.0 Å². The monoisotopic (exact) mass is 370 g/mol. The van der Waals surface area contributed by atoms with Gasteiger partial charge in [0.2, 0.25) is 5.91 Å². The summed E-state index contributed by atoms with van der Waals surface area (Å²) in [6, 6.07) is 1.76. The van der Waals surface area contributed by atoms with Crippen LogP contribution in [0.1, 0.15) is 41.6 Å². The van der Waals surface area contributed by atoms with Crippen LogP contribution in [0.15, 0.2) is 24.0 Å². The van der Waals surface area contributed by atoms with E-state index < -0.39 is 11.9 Å². The fourth-order valence-electron chi connectivity index (χ4n) is 2.87. The van der Waals surface area contributed by atoms with Crippen LogP contribution in [0.2, 0.25) is 0 Å². The van der Waals surface area contributed by atoms with Crippen LogP contribution in [0, 0.1) is 0 Å². The molecule has 1 atom stereocenters. The van der Waals surface area contributed by atoms with Gasteiger partial charge >= 0.3 is 6.18 Å². The summed E-state index contributed by atoms with van der Waals surface area (Å²) in [4.78, 5) is 25.8. The fourth-order valence-corrected chi connectivity index (χ4v) is 3.82. The number of hydrogen-bond donors (Lipinski definition) is 0. The predicted octanol–water partition coefficient (Wildman–Crippen LogP) is 3.29. The van der Waals surface area contributed by atoms with Gasteiger partial charge in [-0.3, -0.25) is 4.79 Å². The minimum absolute atomic E-state index is 0.00378. The number of likely N-dealkylation sites (tertiary alicyclic amines) is 1. The second-order valence-electron chi connectivity index (χ2n) is 5.95. The maximum Gasteiger partial charge on any atom is 0.434 e. The van der Waals surface area contributed by atoms with Crippen LogP contribution in [0.3, 0.4) is 0 Å². The fraction of sp³-hybridized carbons (Fsp3) is 0.500. The number of carbonyl (C=O) groups is 1. The Labute approximate surface area is 146 Å². The van der Waals surface area contributed by atoms with Gasteiger partial charge in [0.1, 0.15) is 6.33 Å². The third kappa shape index (κ3) is 4.53. The third-order valence-corrected chi connectivity index (χ3v) is 5.18. The van der Waals surface area contributed by atoms with E-state index in [1.807, 2.05) is 0 Å². The first-order valence-electron chi connectivity index (χ1n) is 7.99. The molecule has 1 saturated heterocycles. The van der Waals surface area contributed by atoms with Crippen molar-refractivity contribution in [2.45, 2.75) is 37.8 Å². The Kier molecular flexibility index (Phi) is 5.31. The third-order valence-electron chi connectivity index (χ3n) is 4.17. The topological polar surface area (TPSA) is 59.0 Å². The number of rotatable bonds is 4. The number of nitrogens with zero attached hydrogens (tertiary/aromatic N) is 4. The maximum atomic E-state index is 12.7. The molecule has 1 aliphatic rings. The molecular weight excluding hydrogens is 353 g/mol. The maximum absolute atomic E-state index is 12.7. The number of halogens is 3. The molecule has 1 aliphatic heterocycles. The van der Waals surface area contributed by atoms with Gasteiger partial charge in [-0.1, -0.05) is 0 Å². The summed E-state index contributed by atoms with van der Waals surface area (Å²) < 4.78 is 38.1. The van der Waals surface area contributed by atoms with Crippen LogP contribution >= 0.6 is 11.3 Å². The molecule has 1 unspecified atom stereocenters. The Morgan fingerprint density at radius 1 is 1.40 bits per heavy atom. The van der Waals surface area contributed by atoms with Gasteiger partial charge in [-0.05, 0) is 25.3 Å². The number of hydrogen-bond acceptors (Lipinski definition) is 5. The van der Waals surface area contributed by atoms with Crippen LogP contribution < -0.4 is 0 Å². The summed E-state index contributed by atoms with van der Waals surface area (Å²) in [5, 5.41) is 1.51. The average molecular weight is 370 g/mol. The van der Waals surface area contributed by atoms with Crippen molar-refractivity contribution in [3.05, 3.63) is 40.4 Å². The highest BCUT2D eigenvalue weighted by Crippen LogP contribution is 2.35. The van der Waals surface area contributed by atoms with Crippen molar-refractivity contribution in [2.24, 2.45) is 0 Å². The second-order valence-corrected chi connectivity index (χ2v) is 6.84. The number of aryl methyl sites for hydroxylation is 1. The highest BCUT2D eigenvalue weighted by atomic mass is 32.1. The number of carbonyl (C=O) groups excluding carboxylic acids is 1. The van der Waals surface area contributed by atoms with Gasteiger partial charge in [-0.2, -0.15) is 13.2 Å². The summed E-state index contributed by atoms with van der Waals surface area (Å²) in [6.45, 7) is 1.06. The van der Waals surface area contributed by atoms with Gasteiger partial charge in [-0.15, -0.1) is 11.3 Å². The van der Waals surface area contributed by atoms with Crippen molar-refractivity contribution in [2.75, 3.05) is 13.1 Å². The zero-order valence-electron chi connectivity index (χ0n) is 13.4. The lowest BCUT2D eigenvalue weighted by Crippen LogP contribution is -2.39. The Morgan fingerprint density at radius 2 is 2.24 bits per heavy atom. The minimum atomic E-state index is -4.42. The molecule has 0 aliphatic carbocycles. The van der Waals surface area contributed by atoms with E-state index in [1.165, 1.54) is 6.33 Å². The number of piperidine rings is 1. The Morgan fingerprint density at radius 3 is 2.92 bits per heavy atom. The van der Waals surface area contributed by atoms with Crippen molar-refractivity contribution in [3.8, 4) is 0 Å². The molecular formula is C16H17F3N4OS. The van der Waals surface area contributed by atoms with Crippen LogP contribution in [0.5, 0.6) is 0 Å². The quantitative estimate of drug-likeness (QED) is 0.829. The molecule has 0 spiro atoms. The smallest absolute Gasteiger partial charge is 0.342 e. The lowest BCUT2D eigenvalue weighted by molar-refractivity contribution is -0.141. The first-order valence-corrected chi connectivity index (χ1v) is 8.86. The number of amides is 1. The summed E-state index contributed by atoms with van der Waals surface area (Å²) in [5.74, 6) is -0.131. The van der Waals surface area contributed by atoms with Crippen molar-refractivity contribution in [3.63, 3.8) is 0 Å². The van der Waals surface area contributed by atoms with E-state index in [0.29, 0.717) is 30.9 Å². The number of alkyl halides is 3. The molecule has 1 fully saturated rings. The molecule has 0 N–H and O–H groups in total. The van der Waals surface area contributed by atoms with Crippen LogP contribution in [0.25, 0.3) is 0 Å². The van der Waals surface area contributed by atoms with Crippen LogP contribution in [0.4, 0.5) is 13.2 Å². The Hall–Kier alpha value is -2.03. The Bertz CT molecular complexity index is 720. The first-order chi connectivity index (χ1) is 11.9. The molecule has 3 rings (SSSR count). The molecule has 9 heteroatoms. The standard InChI is InChI=1S/C16H17F3N4OS/c17-16(18,19)13-9-25-15(22-13)11-2-1-7-23(8-11)14(24)4-3-12-5-6-20-10-21-12/h5-6,9-11H,1-4,7-8H2. The molecule has 0 radical (unpaired) electrons. The zero-order chi connectivity index (χ0) is 17.9. The van der Waals surface area contributed by atoms with E-state index in [0.717, 1.165) is 35.3 Å². The minimum Gasteiger partial charge on any atom is -0.342 e. The van der Waals surface area contributed by atoms with Gasteiger partial charge in [0, 0.05) is 42.7 Å². The highest BCUT2D eigenvalue weighted by Gasteiger charge is 2.35. The van der Waals surface area contributed by atoms with E-state index in [9.17, 15) is 18.0 Å². The second kappa shape index (κ2) is 7.47. The van der Waals surface area contributed by atoms with Gasteiger partial charge in [0.05, 0.1) is 5.01 Å². The first kappa shape index (κ1) is 17.8. The zero-order valence-corrected chi connectivity index (χ0v) is 14.2. The SMILES string of the molecule is O=C(CCc1ccncn1)N1CCCC(c2nc(C(F)(F)F)cs2)C1. The van der Waals surface area contributed by atoms with Crippen molar-refractivity contribution in [1.29, 1.82) is 0 Å². The summed E-state index contributed by atoms with van der Waals surface area (Å²) in [5.41, 5.74) is -0.0497. The molecule has 134 valence electrons. The van der Waals surface area contributed by atoms with Crippen molar-refractivity contribution < 1.29 is 18.0 Å². The molecule has 0 bridgehead atoms. The van der Waals surface area contributed by atoms with Crippen LogP contribution in [-0.2, 0) is 17.4 Å². The highest BCUT2D eigenvalue weighted by molar-refractivity contribution is 7.09. The molecule has 3 heterocycles. The number of thiazole rings is 1. The lowest BCUT2D eigenvalue weighted by Gasteiger charge is -2.32. The molecule has 0 saturated carbocycles.